The van der Waals surface area contributed by atoms with E-state index in [1.54, 1.807) is 0 Å². The predicted molar refractivity (Wildman–Crippen MR) is 48.1 cm³/mol. The van der Waals surface area contributed by atoms with Crippen molar-refractivity contribution in [1.29, 1.82) is 0 Å². The van der Waals surface area contributed by atoms with Gasteiger partial charge in [-0.25, -0.2) is 13.1 Å². The Morgan fingerprint density at radius 1 is 1.67 bits per heavy atom. The molecule has 0 aliphatic carbocycles. The summed E-state index contributed by atoms with van der Waals surface area (Å²) in [6.07, 6.45) is 2.17. The summed E-state index contributed by atoms with van der Waals surface area (Å²) in [7, 11) is -3.23. The number of hydrogen-bond donors (Lipinski definition) is 2. The van der Waals surface area contributed by atoms with Gasteiger partial charge in [-0.15, -0.1) is 0 Å². The summed E-state index contributed by atoms with van der Waals surface area (Å²) < 4.78 is 24.2. The number of sulfonamides is 1. The van der Waals surface area contributed by atoms with Gasteiger partial charge in [0.05, 0.1) is 0 Å². The molecule has 0 aromatic heterocycles. The summed E-state index contributed by atoms with van der Waals surface area (Å²) >= 11 is 0. The minimum absolute atomic E-state index is 0.291. The molecule has 4 nitrogen and oxygen atoms in total. The fraction of sp³-hybridized carbons (Fsp3) is 0.714. The lowest BCUT2D eigenvalue weighted by Crippen LogP contribution is -2.36. The van der Waals surface area contributed by atoms with Crippen LogP contribution in [-0.4, -0.2) is 27.5 Å². The molecule has 0 amide bonds. The van der Waals surface area contributed by atoms with E-state index in [-0.39, 0.29) is 0 Å². The van der Waals surface area contributed by atoms with Gasteiger partial charge in [-0.1, -0.05) is 6.58 Å². The Kier molecular flexibility index (Phi) is 3.25. The average Bonchev–Trinajstić information content (AvgIpc) is 2.53. The van der Waals surface area contributed by atoms with E-state index in [4.69, 9.17) is 0 Å². The van der Waals surface area contributed by atoms with Gasteiger partial charge in [0.25, 0.3) is 0 Å². The third-order valence-corrected chi connectivity index (χ3v) is 2.92. The first-order valence-electron chi connectivity index (χ1n) is 3.99. The molecule has 5 heteroatoms. The summed E-state index contributed by atoms with van der Waals surface area (Å²) in [6.45, 7) is 4.66. The van der Waals surface area contributed by atoms with Crippen LogP contribution < -0.4 is 10.0 Å². The van der Waals surface area contributed by atoms with Crippen LogP contribution in [0.3, 0.4) is 0 Å². The maximum atomic E-state index is 10.9. The van der Waals surface area contributed by atoms with Crippen molar-refractivity contribution in [2.45, 2.75) is 18.9 Å². The third kappa shape index (κ3) is 2.92. The van der Waals surface area contributed by atoms with Crippen LogP contribution in [-0.2, 0) is 10.0 Å². The standard InChI is InChI=1S/C7H14N2O2S/c1-2-12(10,11)9-6-7-4-3-5-8-7/h2,7-9H,1,3-6H2/t7-/m1/s1. The summed E-state index contributed by atoms with van der Waals surface area (Å²) in [5.74, 6) is 0. The molecule has 1 heterocycles. The molecule has 1 rings (SSSR count). The van der Waals surface area contributed by atoms with Crippen molar-refractivity contribution in [3.8, 4) is 0 Å². The second-order valence-corrected chi connectivity index (χ2v) is 4.57. The molecule has 1 fully saturated rings. The molecule has 0 radical (unpaired) electrons. The molecule has 0 bridgehead atoms. The van der Waals surface area contributed by atoms with Crippen molar-refractivity contribution in [2.24, 2.45) is 0 Å². The molecule has 12 heavy (non-hydrogen) atoms. The van der Waals surface area contributed by atoms with Crippen molar-refractivity contribution in [3.05, 3.63) is 12.0 Å². The summed E-state index contributed by atoms with van der Waals surface area (Å²) in [6, 6.07) is 0.291. The first kappa shape index (κ1) is 9.70. The Morgan fingerprint density at radius 3 is 2.92 bits per heavy atom. The molecule has 1 aliphatic heterocycles. The van der Waals surface area contributed by atoms with Crippen LogP contribution in [0.5, 0.6) is 0 Å². The largest absolute Gasteiger partial charge is 0.313 e. The van der Waals surface area contributed by atoms with Gasteiger partial charge in [-0.05, 0) is 19.4 Å². The lowest BCUT2D eigenvalue weighted by molar-refractivity contribution is 0.558. The monoisotopic (exact) mass is 190 g/mol. The first-order valence-corrected chi connectivity index (χ1v) is 5.54. The Bertz CT molecular complexity index is 242. The van der Waals surface area contributed by atoms with E-state index in [1.807, 2.05) is 0 Å². The number of rotatable bonds is 4. The summed E-state index contributed by atoms with van der Waals surface area (Å²) in [5, 5.41) is 4.12. The van der Waals surface area contributed by atoms with Crippen molar-refractivity contribution >= 4 is 10.0 Å². The smallest absolute Gasteiger partial charge is 0.233 e. The van der Waals surface area contributed by atoms with Crippen molar-refractivity contribution in [1.82, 2.24) is 10.0 Å². The minimum Gasteiger partial charge on any atom is -0.313 e. The third-order valence-electron chi connectivity index (χ3n) is 1.91. The lowest BCUT2D eigenvalue weighted by Gasteiger charge is -2.09. The van der Waals surface area contributed by atoms with Crippen molar-refractivity contribution < 1.29 is 8.42 Å². The zero-order chi connectivity index (χ0) is 9.03. The van der Waals surface area contributed by atoms with Gasteiger partial charge in [-0.2, -0.15) is 0 Å². The molecule has 0 aromatic carbocycles. The van der Waals surface area contributed by atoms with Crippen LogP contribution in [0.15, 0.2) is 12.0 Å². The van der Waals surface area contributed by atoms with E-state index in [2.05, 4.69) is 16.6 Å². The Labute approximate surface area is 73.1 Å². The molecular weight excluding hydrogens is 176 g/mol. The van der Waals surface area contributed by atoms with Crippen LogP contribution in [0.25, 0.3) is 0 Å². The highest BCUT2D eigenvalue weighted by atomic mass is 32.2. The van der Waals surface area contributed by atoms with Gasteiger partial charge in [0, 0.05) is 18.0 Å². The maximum absolute atomic E-state index is 10.9. The molecule has 0 unspecified atom stereocenters. The summed E-state index contributed by atoms with van der Waals surface area (Å²) in [5.41, 5.74) is 0. The molecule has 1 saturated heterocycles. The zero-order valence-corrected chi connectivity index (χ0v) is 7.73. The van der Waals surface area contributed by atoms with E-state index >= 15 is 0 Å². The van der Waals surface area contributed by atoms with Crippen molar-refractivity contribution in [3.63, 3.8) is 0 Å². The van der Waals surface area contributed by atoms with Crippen LogP contribution in [0, 0.1) is 0 Å². The number of nitrogens with one attached hydrogen (secondary N) is 2. The van der Waals surface area contributed by atoms with Crippen molar-refractivity contribution in [2.75, 3.05) is 13.1 Å². The van der Waals surface area contributed by atoms with Gasteiger partial charge >= 0.3 is 0 Å². The first-order chi connectivity index (χ1) is 5.64. The minimum atomic E-state index is -3.23. The predicted octanol–water partition coefficient (Wildman–Crippen LogP) is -0.199. The quantitative estimate of drug-likeness (QED) is 0.645. The second-order valence-electron chi connectivity index (χ2n) is 2.85. The van der Waals surface area contributed by atoms with E-state index in [0.717, 1.165) is 24.8 Å². The normalized spacial score (nSPS) is 24.2. The highest BCUT2D eigenvalue weighted by molar-refractivity contribution is 7.92. The molecule has 2 N–H and O–H groups in total. The highest BCUT2D eigenvalue weighted by Gasteiger charge is 2.15. The average molecular weight is 190 g/mol. The second kappa shape index (κ2) is 4.02. The van der Waals surface area contributed by atoms with Crippen LogP contribution in [0.4, 0.5) is 0 Å². The zero-order valence-electron chi connectivity index (χ0n) is 6.91. The van der Waals surface area contributed by atoms with Crippen LogP contribution in [0.1, 0.15) is 12.8 Å². The van der Waals surface area contributed by atoms with E-state index in [0.29, 0.717) is 12.6 Å². The molecular formula is C7H14N2O2S. The molecule has 70 valence electrons. The highest BCUT2D eigenvalue weighted by Crippen LogP contribution is 2.03. The SMILES string of the molecule is C=CS(=O)(=O)NC[C@H]1CCCN1. The van der Waals surface area contributed by atoms with Gasteiger partial charge in [0.2, 0.25) is 10.0 Å². The van der Waals surface area contributed by atoms with Crippen LogP contribution in [0.2, 0.25) is 0 Å². The Morgan fingerprint density at radius 2 is 2.42 bits per heavy atom. The molecule has 0 spiro atoms. The van der Waals surface area contributed by atoms with Gasteiger partial charge in [0.15, 0.2) is 0 Å². The van der Waals surface area contributed by atoms with Gasteiger partial charge in [0.1, 0.15) is 0 Å². The summed E-state index contributed by atoms with van der Waals surface area (Å²) in [4.78, 5) is 0. The Hall–Kier alpha value is -0.390. The fourth-order valence-electron chi connectivity index (χ4n) is 1.21. The van der Waals surface area contributed by atoms with Crippen LogP contribution >= 0.6 is 0 Å². The van der Waals surface area contributed by atoms with E-state index in [9.17, 15) is 8.42 Å². The van der Waals surface area contributed by atoms with E-state index in [1.165, 1.54) is 0 Å². The molecule has 1 atom stereocenters. The molecule has 0 aromatic rings. The number of hydrogen-bond acceptors (Lipinski definition) is 3. The molecule has 0 saturated carbocycles. The Balaban J connectivity index is 2.29. The van der Waals surface area contributed by atoms with Gasteiger partial charge in [-0.3, -0.25) is 0 Å². The van der Waals surface area contributed by atoms with Gasteiger partial charge < -0.3 is 5.32 Å². The topological polar surface area (TPSA) is 58.2 Å². The van der Waals surface area contributed by atoms with E-state index < -0.39 is 10.0 Å². The fourth-order valence-corrected chi connectivity index (χ4v) is 1.76. The maximum Gasteiger partial charge on any atom is 0.233 e. The lowest BCUT2D eigenvalue weighted by atomic mass is 10.2. The molecule has 1 aliphatic rings.